The Balaban J connectivity index is 2.67. The van der Waals surface area contributed by atoms with Gasteiger partial charge in [-0.05, 0) is 18.2 Å². The van der Waals surface area contributed by atoms with Gasteiger partial charge in [0.1, 0.15) is 37.3 Å². The van der Waals surface area contributed by atoms with Crippen molar-refractivity contribution in [1.82, 2.24) is 0 Å². The van der Waals surface area contributed by atoms with Crippen LogP contribution in [0.1, 0.15) is 10.4 Å². The Bertz CT molecular complexity index is 478. The van der Waals surface area contributed by atoms with Crippen LogP contribution in [0, 0.1) is 0 Å². The molecule has 0 fully saturated rings. The van der Waals surface area contributed by atoms with E-state index in [2.05, 4.69) is 0 Å². The van der Waals surface area contributed by atoms with Crippen molar-refractivity contribution in [1.29, 1.82) is 0 Å². The van der Waals surface area contributed by atoms with Gasteiger partial charge in [-0.3, -0.25) is 4.79 Å². The molecule has 0 aliphatic heterocycles. The van der Waals surface area contributed by atoms with E-state index < -0.39 is 37.6 Å². The van der Waals surface area contributed by atoms with Gasteiger partial charge in [0.15, 0.2) is 11.5 Å². The fourth-order valence-corrected chi connectivity index (χ4v) is 1.71. The molecule has 4 atom stereocenters. The lowest BCUT2D eigenvalue weighted by Crippen LogP contribution is -2.47. The molecule has 0 saturated heterocycles. The molecule has 1 aromatic carbocycles. The maximum absolute atomic E-state index is 10.7. The number of aliphatic hydroxyl groups is 5. The van der Waals surface area contributed by atoms with E-state index in [1.54, 1.807) is 0 Å². The molecule has 0 unspecified atom stereocenters. The number of ether oxygens (including phenoxy) is 2. The zero-order valence-electron chi connectivity index (χ0n) is 12.0. The van der Waals surface area contributed by atoms with Crippen molar-refractivity contribution in [2.45, 2.75) is 24.4 Å². The lowest BCUT2D eigenvalue weighted by atomic mass is 10.0. The largest absolute Gasteiger partial charge is 0.493 e. The second-order valence-electron chi connectivity index (χ2n) is 4.64. The molecule has 8 heteroatoms. The van der Waals surface area contributed by atoms with E-state index in [4.69, 9.17) is 14.6 Å². The quantitative estimate of drug-likeness (QED) is 0.341. The maximum atomic E-state index is 10.7. The fraction of sp³-hybridized carbons (Fsp3) is 0.500. The van der Waals surface area contributed by atoms with Crippen LogP contribution in [0.4, 0.5) is 0 Å². The van der Waals surface area contributed by atoms with E-state index in [1.807, 2.05) is 0 Å². The van der Waals surface area contributed by atoms with Gasteiger partial charge in [0.2, 0.25) is 0 Å². The van der Waals surface area contributed by atoms with E-state index in [0.717, 1.165) is 0 Å². The minimum atomic E-state index is -1.72. The highest BCUT2D eigenvalue weighted by Crippen LogP contribution is 2.27. The minimum absolute atomic E-state index is 0.233. The first-order valence-electron chi connectivity index (χ1n) is 6.53. The third-order valence-corrected chi connectivity index (χ3v) is 3.06. The van der Waals surface area contributed by atoms with Crippen LogP contribution in [0.5, 0.6) is 11.5 Å². The van der Waals surface area contributed by atoms with Gasteiger partial charge in [0.25, 0.3) is 0 Å². The summed E-state index contributed by atoms with van der Waals surface area (Å²) in [5, 5.41) is 46.8. The Hall–Kier alpha value is -1.71. The molecule has 0 spiro atoms. The zero-order chi connectivity index (χ0) is 16.7. The molecule has 124 valence electrons. The monoisotopic (exact) mass is 316 g/mol. The van der Waals surface area contributed by atoms with Gasteiger partial charge in [0.05, 0.1) is 13.7 Å². The molecule has 0 amide bonds. The van der Waals surface area contributed by atoms with Gasteiger partial charge in [-0.1, -0.05) is 0 Å². The summed E-state index contributed by atoms with van der Waals surface area (Å²) in [5.41, 5.74) is 0.381. The Morgan fingerprint density at radius 3 is 2.27 bits per heavy atom. The molecule has 0 radical (unpaired) electrons. The molecule has 1 aromatic rings. The number of carbonyl (C=O) groups is 1. The Labute approximate surface area is 127 Å². The van der Waals surface area contributed by atoms with Gasteiger partial charge in [-0.25, -0.2) is 0 Å². The van der Waals surface area contributed by atoms with Gasteiger partial charge < -0.3 is 35.0 Å². The summed E-state index contributed by atoms with van der Waals surface area (Å²) in [6.45, 7) is -1.15. The number of hydrogen-bond acceptors (Lipinski definition) is 8. The van der Waals surface area contributed by atoms with Crippen LogP contribution in [0.25, 0.3) is 0 Å². The molecule has 5 N–H and O–H groups in total. The topological polar surface area (TPSA) is 137 Å². The van der Waals surface area contributed by atoms with Gasteiger partial charge in [-0.15, -0.1) is 0 Å². The second-order valence-corrected chi connectivity index (χ2v) is 4.64. The van der Waals surface area contributed by atoms with Crippen molar-refractivity contribution in [3.05, 3.63) is 23.8 Å². The Morgan fingerprint density at radius 2 is 1.73 bits per heavy atom. The van der Waals surface area contributed by atoms with Crippen molar-refractivity contribution in [3.8, 4) is 11.5 Å². The van der Waals surface area contributed by atoms with Crippen LogP contribution in [-0.4, -0.2) is 76.6 Å². The summed E-state index contributed by atoms with van der Waals surface area (Å²) in [6.07, 6.45) is -5.87. The maximum Gasteiger partial charge on any atom is 0.161 e. The number of carbonyl (C=O) groups excluding carboxylic acids is 1. The fourth-order valence-electron chi connectivity index (χ4n) is 1.71. The first-order chi connectivity index (χ1) is 10.4. The minimum Gasteiger partial charge on any atom is -0.493 e. The first kappa shape index (κ1) is 18.3. The first-order valence-corrected chi connectivity index (χ1v) is 6.53. The summed E-state index contributed by atoms with van der Waals surface area (Å²) >= 11 is 0. The van der Waals surface area contributed by atoms with Crippen molar-refractivity contribution in [3.63, 3.8) is 0 Å². The predicted octanol–water partition coefficient (Wildman–Crippen LogP) is -1.68. The van der Waals surface area contributed by atoms with Crippen LogP contribution in [0.3, 0.4) is 0 Å². The van der Waals surface area contributed by atoms with Crippen molar-refractivity contribution in [2.75, 3.05) is 20.3 Å². The van der Waals surface area contributed by atoms with Crippen LogP contribution in [0.2, 0.25) is 0 Å². The molecule has 0 saturated carbocycles. The van der Waals surface area contributed by atoms with Crippen molar-refractivity contribution < 1.29 is 39.8 Å². The highest BCUT2D eigenvalue weighted by molar-refractivity contribution is 5.76. The highest BCUT2D eigenvalue weighted by Gasteiger charge is 2.30. The zero-order valence-corrected chi connectivity index (χ0v) is 12.0. The van der Waals surface area contributed by atoms with Crippen LogP contribution in [-0.2, 0) is 0 Å². The highest BCUT2D eigenvalue weighted by atomic mass is 16.5. The molecule has 0 aromatic heterocycles. The molecule has 22 heavy (non-hydrogen) atoms. The Kier molecular flexibility index (Phi) is 7.22. The summed E-state index contributed by atoms with van der Waals surface area (Å²) in [4.78, 5) is 10.7. The summed E-state index contributed by atoms with van der Waals surface area (Å²) in [5.74, 6) is 0.499. The van der Waals surface area contributed by atoms with Crippen molar-refractivity contribution >= 4 is 6.29 Å². The molecule has 8 nitrogen and oxygen atoms in total. The van der Waals surface area contributed by atoms with E-state index >= 15 is 0 Å². The lowest BCUT2D eigenvalue weighted by molar-refractivity contribution is -0.121. The summed E-state index contributed by atoms with van der Waals surface area (Å²) < 4.78 is 10.3. The van der Waals surface area contributed by atoms with Crippen LogP contribution in [0.15, 0.2) is 18.2 Å². The van der Waals surface area contributed by atoms with E-state index in [9.17, 15) is 25.2 Å². The average molecular weight is 316 g/mol. The third-order valence-electron chi connectivity index (χ3n) is 3.06. The number of benzene rings is 1. The van der Waals surface area contributed by atoms with Gasteiger partial charge in [0, 0.05) is 5.56 Å². The number of aliphatic hydroxyl groups excluding tert-OH is 5. The number of aldehydes is 1. The SMILES string of the molecule is COc1cc(C=O)ccc1OC[C@@H](O)[C@@H](O)[C@H](O)[C@@H](O)CO. The van der Waals surface area contributed by atoms with E-state index in [0.29, 0.717) is 11.8 Å². The lowest BCUT2D eigenvalue weighted by Gasteiger charge is -2.25. The molecule has 0 aliphatic rings. The summed E-state index contributed by atoms with van der Waals surface area (Å²) in [7, 11) is 1.38. The second kappa shape index (κ2) is 8.66. The molecular formula is C14H20O8. The molecule has 0 heterocycles. The Morgan fingerprint density at radius 1 is 1.09 bits per heavy atom. The number of methoxy groups -OCH3 is 1. The van der Waals surface area contributed by atoms with Crippen LogP contribution >= 0.6 is 0 Å². The number of hydrogen-bond donors (Lipinski definition) is 5. The number of rotatable bonds is 9. The molecule has 0 bridgehead atoms. The van der Waals surface area contributed by atoms with Crippen LogP contribution < -0.4 is 9.47 Å². The summed E-state index contributed by atoms with van der Waals surface area (Å²) in [6, 6.07) is 4.38. The average Bonchev–Trinajstić information content (AvgIpc) is 2.57. The van der Waals surface area contributed by atoms with E-state index in [-0.39, 0.29) is 11.5 Å². The van der Waals surface area contributed by atoms with Gasteiger partial charge in [-0.2, -0.15) is 0 Å². The molecular weight excluding hydrogens is 296 g/mol. The third kappa shape index (κ3) is 4.65. The van der Waals surface area contributed by atoms with Crippen molar-refractivity contribution in [2.24, 2.45) is 0 Å². The molecule has 1 rings (SSSR count). The molecule has 0 aliphatic carbocycles. The normalized spacial score (nSPS) is 16.5. The predicted molar refractivity (Wildman–Crippen MR) is 75.0 cm³/mol. The van der Waals surface area contributed by atoms with E-state index in [1.165, 1.54) is 25.3 Å². The smallest absolute Gasteiger partial charge is 0.161 e. The standard InChI is InChI=1S/C14H20O8/c1-21-12-4-8(5-15)2-3-11(12)22-7-10(18)14(20)13(19)9(17)6-16/h2-5,9-10,13-14,16-20H,6-7H2,1H3/t9-,10+,13+,14+/m0/s1. The van der Waals surface area contributed by atoms with Gasteiger partial charge >= 0.3 is 0 Å².